The Labute approximate surface area is 259 Å². The first kappa shape index (κ1) is 32.2. The molecule has 1 aliphatic heterocycles. The van der Waals surface area contributed by atoms with Crippen molar-refractivity contribution in [2.45, 2.75) is 52.0 Å². The summed E-state index contributed by atoms with van der Waals surface area (Å²) in [7, 11) is 3.10. The molecule has 0 radical (unpaired) electrons. The summed E-state index contributed by atoms with van der Waals surface area (Å²) in [5.74, 6) is 1.90. The Kier molecular flexibility index (Phi) is 11.9. The number of anilines is 2. The van der Waals surface area contributed by atoms with Gasteiger partial charge in [-0.15, -0.1) is 0 Å². The number of benzene rings is 3. The van der Waals surface area contributed by atoms with Gasteiger partial charge in [-0.2, -0.15) is 0 Å². The molecule has 0 saturated carbocycles. The van der Waals surface area contributed by atoms with Crippen molar-refractivity contribution < 1.29 is 23.8 Å². The third-order valence-corrected chi connectivity index (χ3v) is 7.40. The lowest BCUT2D eigenvalue weighted by Gasteiger charge is -2.28. The predicted octanol–water partition coefficient (Wildman–Crippen LogP) is 5.88. The average Bonchev–Trinajstić information content (AvgIpc) is 3.04. The standard InChI is InChI=1S/C34H43N5O5/c1-4-5-6-10-19-39(26-12-8-7-9-13-26)33(41)14-11-20-44-28-16-17-29-25(21-28)23-38(34(35)37-29)24-32(40)36-30-18-15-27(42-2)22-31(30)43-3/h7-9,12-13,15-18,21-22H,4-6,10-11,14,19-20,23-24H2,1-3H3,(H2,35,37)(H,36,40). The highest BCUT2D eigenvalue weighted by atomic mass is 16.5. The van der Waals surface area contributed by atoms with Gasteiger partial charge >= 0.3 is 0 Å². The number of carbonyl (C=O) groups is 2. The molecule has 3 N–H and O–H groups in total. The van der Waals surface area contributed by atoms with E-state index in [0.29, 0.717) is 48.9 Å². The minimum Gasteiger partial charge on any atom is -0.497 e. The minimum absolute atomic E-state index is 0.00745. The molecule has 2 amide bonds. The summed E-state index contributed by atoms with van der Waals surface area (Å²) < 4.78 is 16.6. The number of methoxy groups -OCH3 is 2. The van der Waals surface area contributed by atoms with Crippen LogP contribution in [0.5, 0.6) is 17.2 Å². The Morgan fingerprint density at radius 1 is 0.955 bits per heavy atom. The van der Waals surface area contributed by atoms with Crippen molar-refractivity contribution in [1.29, 1.82) is 0 Å². The maximum Gasteiger partial charge on any atom is 0.244 e. The maximum absolute atomic E-state index is 13.1. The van der Waals surface area contributed by atoms with E-state index in [1.165, 1.54) is 13.5 Å². The van der Waals surface area contributed by atoms with Crippen LogP contribution >= 0.6 is 0 Å². The highest BCUT2D eigenvalue weighted by molar-refractivity contribution is 5.97. The Morgan fingerprint density at radius 3 is 2.50 bits per heavy atom. The van der Waals surface area contributed by atoms with E-state index in [1.807, 2.05) is 53.4 Å². The maximum atomic E-state index is 13.1. The van der Waals surface area contributed by atoms with Crippen LogP contribution in [0.4, 0.5) is 17.1 Å². The van der Waals surface area contributed by atoms with Crippen LogP contribution in [-0.2, 0) is 16.1 Å². The molecule has 0 spiro atoms. The van der Waals surface area contributed by atoms with Gasteiger partial charge in [0.05, 0.1) is 32.2 Å². The van der Waals surface area contributed by atoms with Gasteiger partial charge in [0, 0.05) is 36.8 Å². The zero-order valence-corrected chi connectivity index (χ0v) is 25.9. The summed E-state index contributed by atoms with van der Waals surface area (Å²) in [6.45, 7) is 3.72. The fourth-order valence-corrected chi connectivity index (χ4v) is 5.02. The number of unbranched alkanes of at least 4 members (excludes halogenated alkanes) is 3. The minimum atomic E-state index is -0.262. The quantitative estimate of drug-likeness (QED) is 0.197. The van der Waals surface area contributed by atoms with Crippen LogP contribution in [0, 0.1) is 0 Å². The van der Waals surface area contributed by atoms with Crippen LogP contribution < -0.4 is 30.2 Å². The van der Waals surface area contributed by atoms with Gasteiger partial charge < -0.3 is 35.1 Å². The van der Waals surface area contributed by atoms with E-state index in [2.05, 4.69) is 17.2 Å². The van der Waals surface area contributed by atoms with E-state index in [9.17, 15) is 9.59 Å². The van der Waals surface area contributed by atoms with Gasteiger partial charge in [-0.3, -0.25) is 9.59 Å². The monoisotopic (exact) mass is 601 g/mol. The molecular weight excluding hydrogens is 558 g/mol. The summed E-state index contributed by atoms with van der Waals surface area (Å²) >= 11 is 0. The summed E-state index contributed by atoms with van der Waals surface area (Å²) in [6, 6.07) is 20.6. The Bertz CT molecular complexity index is 1430. The molecule has 10 nitrogen and oxygen atoms in total. The van der Waals surface area contributed by atoms with Gasteiger partial charge in [-0.1, -0.05) is 44.4 Å². The summed E-state index contributed by atoms with van der Waals surface area (Å²) in [6.07, 6.45) is 5.43. The Balaban J connectivity index is 1.29. The molecule has 0 saturated heterocycles. The molecule has 0 bridgehead atoms. The lowest BCUT2D eigenvalue weighted by atomic mass is 10.1. The highest BCUT2D eigenvalue weighted by Crippen LogP contribution is 2.31. The van der Waals surface area contributed by atoms with Crippen LogP contribution in [0.2, 0.25) is 0 Å². The zero-order chi connectivity index (χ0) is 31.3. The number of nitrogens with two attached hydrogens (primary N) is 1. The molecule has 4 rings (SSSR count). The molecular formula is C34H43N5O5. The van der Waals surface area contributed by atoms with E-state index in [-0.39, 0.29) is 24.3 Å². The number of carbonyl (C=O) groups excluding carboxylic acids is 2. The number of hydrogen-bond donors (Lipinski definition) is 2. The van der Waals surface area contributed by atoms with Crippen molar-refractivity contribution >= 4 is 34.8 Å². The zero-order valence-electron chi connectivity index (χ0n) is 25.9. The van der Waals surface area contributed by atoms with Gasteiger partial charge in [0.2, 0.25) is 11.8 Å². The Hall–Kier alpha value is -4.73. The number of aliphatic imine (C=N–C) groups is 1. The smallest absolute Gasteiger partial charge is 0.244 e. The lowest BCUT2D eigenvalue weighted by Crippen LogP contribution is -2.43. The van der Waals surface area contributed by atoms with Crippen LogP contribution in [0.1, 0.15) is 51.0 Å². The van der Waals surface area contributed by atoms with Crippen molar-refractivity contribution in [3.8, 4) is 17.2 Å². The number of hydrogen-bond acceptors (Lipinski definition) is 8. The van der Waals surface area contributed by atoms with Crippen LogP contribution in [0.15, 0.2) is 71.7 Å². The molecule has 0 atom stereocenters. The summed E-state index contributed by atoms with van der Waals surface area (Å²) in [5, 5.41) is 2.87. The molecule has 1 aliphatic rings. The number of ether oxygens (including phenoxy) is 3. The van der Waals surface area contributed by atoms with Crippen molar-refractivity contribution in [1.82, 2.24) is 4.90 Å². The van der Waals surface area contributed by atoms with E-state index in [1.54, 1.807) is 30.2 Å². The first-order chi connectivity index (χ1) is 21.4. The highest BCUT2D eigenvalue weighted by Gasteiger charge is 2.22. The fraction of sp³-hybridized carbons (Fsp3) is 0.382. The molecule has 234 valence electrons. The van der Waals surface area contributed by atoms with Gasteiger partial charge in [-0.05, 0) is 55.3 Å². The number of fused-ring (bicyclic) bond motifs is 1. The largest absolute Gasteiger partial charge is 0.497 e. The molecule has 0 aliphatic carbocycles. The molecule has 44 heavy (non-hydrogen) atoms. The number of guanidine groups is 1. The molecule has 0 fully saturated rings. The summed E-state index contributed by atoms with van der Waals surface area (Å²) in [4.78, 5) is 34.1. The third kappa shape index (κ3) is 8.89. The molecule has 0 aromatic heterocycles. The topological polar surface area (TPSA) is 119 Å². The SMILES string of the molecule is CCCCCCN(C(=O)CCCOc1ccc2c(c1)CN(CC(=O)Nc1ccc(OC)cc1OC)C(N)=N2)c1ccccc1. The van der Waals surface area contributed by atoms with E-state index in [4.69, 9.17) is 19.9 Å². The van der Waals surface area contributed by atoms with Crippen LogP contribution in [-0.4, -0.2) is 56.6 Å². The van der Waals surface area contributed by atoms with Gasteiger partial charge in [0.15, 0.2) is 5.96 Å². The first-order valence-corrected chi connectivity index (χ1v) is 15.1. The molecule has 0 unspecified atom stereocenters. The number of rotatable bonds is 16. The molecule has 1 heterocycles. The van der Waals surface area contributed by atoms with Crippen molar-refractivity contribution in [2.24, 2.45) is 10.7 Å². The molecule has 3 aromatic carbocycles. The van der Waals surface area contributed by atoms with Gasteiger partial charge in [0.1, 0.15) is 23.8 Å². The van der Waals surface area contributed by atoms with E-state index in [0.717, 1.165) is 42.7 Å². The number of para-hydroxylation sites is 1. The van der Waals surface area contributed by atoms with Gasteiger partial charge in [-0.25, -0.2) is 4.99 Å². The average molecular weight is 602 g/mol. The number of nitrogens with zero attached hydrogens (tertiary/aromatic N) is 3. The van der Waals surface area contributed by atoms with E-state index >= 15 is 0 Å². The van der Waals surface area contributed by atoms with Crippen molar-refractivity contribution in [3.05, 3.63) is 72.3 Å². The van der Waals surface area contributed by atoms with Crippen molar-refractivity contribution in [3.63, 3.8) is 0 Å². The van der Waals surface area contributed by atoms with Gasteiger partial charge in [0.25, 0.3) is 0 Å². The normalized spacial score (nSPS) is 12.2. The Morgan fingerprint density at radius 2 is 1.75 bits per heavy atom. The van der Waals surface area contributed by atoms with Crippen molar-refractivity contribution in [2.75, 3.05) is 44.1 Å². The first-order valence-electron chi connectivity index (χ1n) is 15.1. The van der Waals surface area contributed by atoms with Crippen LogP contribution in [0.3, 0.4) is 0 Å². The second-order valence-corrected chi connectivity index (χ2v) is 10.6. The number of amides is 2. The lowest BCUT2D eigenvalue weighted by molar-refractivity contribution is -0.119. The van der Waals surface area contributed by atoms with Crippen LogP contribution in [0.25, 0.3) is 0 Å². The second-order valence-electron chi connectivity index (χ2n) is 10.6. The number of nitrogens with one attached hydrogen (secondary N) is 1. The molecule has 3 aromatic rings. The van der Waals surface area contributed by atoms with E-state index < -0.39 is 0 Å². The third-order valence-electron chi connectivity index (χ3n) is 7.40. The fourth-order valence-electron chi connectivity index (χ4n) is 5.02. The molecule has 10 heteroatoms. The second kappa shape index (κ2) is 16.2. The summed E-state index contributed by atoms with van der Waals surface area (Å²) in [5.41, 5.74) is 9.29. The predicted molar refractivity (Wildman–Crippen MR) is 174 cm³/mol.